The summed E-state index contributed by atoms with van der Waals surface area (Å²) < 4.78 is 0. The number of aliphatic imine (C=N–C) groups is 1. The molecule has 0 radical (unpaired) electrons. The second-order valence-electron chi connectivity index (χ2n) is 4.61. The first-order valence-electron chi connectivity index (χ1n) is 6.27. The van der Waals surface area contributed by atoms with Crippen LogP contribution in [0.3, 0.4) is 0 Å². The summed E-state index contributed by atoms with van der Waals surface area (Å²) >= 11 is 0. The topological polar surface area (TPSA) is 24.4 Å². The zero-order valence-corrected chi connectivity index (χ0v) is 12.3. The van der Waals surface area contributed by atoms with Crippen LogP contribution in [-0.4, -0.2) is 25.3 Å². The molecule has 0 amide bonds. The molecule has 0 fully saturated rings. The average molecular weight is 246 g/mol. The van der Waals surface area contributed by atoms with Crippen molar-refractivity contribution in [3.63, 3.8) is 0 Å². The van der Waals surface area contributed by atoms with Crippen molar-refractivity contribution in [3.8, 4) is 0 Å². The van der Waals surface area contributed by atoms with E-state index >= 15 is 0 Å². The monoisotopic (exact) mass is 246 g/mol. The molecule has 0 heterocycles. The number of hydrogen-bond acceptors (Lipinski definition) is 2. The van der Waals surface area contributed by atoms with Gasteiger partial charge >= 0.3 is 0 Å². The lowest BCUT2D eigenvalue weighted by molar-refractivity contribution is 0.566. The summed E-state index contributed by atoms with van der Waals surface area (Å²) in [7, 11) is 1.76. The lowest BCUT2D eigenvalue weighted by Gasteiger charge is -2.18. The number of nitrogens with one attached hydrogen (secondary N) is 1. The molecule has 0 rings (SSSR count). The molecular weight excluding hydrogens is 220 g/mol. The fraction of sp³-hybridized carbons (Fsp3) is 0.438. The maximum absolute atomic E-state index is 3.95. The van der Waals surface area contributed by atoms with E-state index in [9.17, 15) is 0 Å². The Morgan fingerprint density at radius 3 is 2.33 bits per heavy atom. The Hall–Kier alpha value is -1.41. The van der Waals surface area contributed by atoms with Crippen LogP contribution in [0.1, 0.15) is 27.7 Å². The van der Waals surface area contributed by atoms with E-state index in [2.05, 4.69) is 50.3 Å². The summed E-state index contributed by atoms with van der Waals surface area (Å²) in [6.45, 7) is 16.1. The van der Waals surface area contributed by atoms with Crippen LogP contribution in [-0.2, 0) is 0 Å². The number of nitrogens with zero attached hydrogens (tertiary/aromatic N) is 1. The fourth-order valence-electron chi connectivity index (χ4n) is 1.50. The van der Waals surface area contributed by atoms with Gasteiger partial charge in [-0.2, -0.15) is 0 Å². The van der Waals surface area contributed by atoms with E-state index in [1.165, 1.54) is 0 Å². The quantitative estimate of drug-likeness (QED) is 0.413. The first kappa shape index (κ1) is 16.6. The Bertz CT molecular complexity index is 373. The first-order valence-corrected chi connectivity index (χ1v) is 6.27. The van der Waals surface area contributed by atoms with Crippen LogP contribution in [0, 0.1) is 0 Å². The van der Waals surface area contributed by atoms with Gasteiger partial charge in [-0.3, -0.25) is 4.99 Å². The molecule has 0 aromatic rings. The van der Waals surface area contributed by atoms with Gasteiger partial charge in [0.15, 0.2) is 0 Å². The molecule has 0 saturated carbocycles. The van der Waals surface area contributed by atoms with Gasteiger partial charge in [-0.1, -0.05) is 30.9 Å². The van der Waals surface area contributed by atoms with Gasteiger partial charge in [0.1, 0.15) is 0 Å². The SMILES string of the molecule is C=CC(=C\C(C)NC(C)C(=C)C)/C(C)=C/C=N\C. The highest BCUT2D eigenvalue weighted by atomic mass is 14.9. The van der Waals surface area contributed by atoms with Crippen molar-refractivity contribution in [2.75, 3.05) is 7.05 Å². The minimum absolute atomic E-state index is 0.270. The van der Waals surface area contributed by atoms with Crippen molar-refractivity contribution in [2.45, 2.75) is 39.8 Å². The Morgan fingerprint density at radius 1 is 1.28 bits per heavy atom. The van der Waals surface area contributed by atoms with Crippen LogP contribution in [0.4, 0.5) is 0 Å². The molecule has 0 bridgehead atoms. The van der Waals surface area contributed by atoms with Gasteiger partial charge in [0.2, 0.25) is 0 Å². The largest absolute Gasteiger partial charge is 0.305 e. The standard InChI is InChI=1S/C16H26N2/c1-8-16(13(4)9-10-17-7)11-14(5)18-15(6)12(2)3/h8-11,14-15,18H,1-2H2,3-7H3/b13-9+,16-11+,17-10-. The Kier molecular flexibility index (Phi) is 7.97. The van der Waals surface area contributed by atoms with E-state index < -0.39 is 0 Å². The van der Waals surface area contributed by atoms with Crippen LogP contribution in [0.25, 0.3) is 0 Å². The Labute approximate surface area is 112 Å². The van der Waals surface area contributed by atoms with Crippen LogP contribution in [0.2, 0.25) is 0 Å². The minimum Gasteiger partial charge on any atom is -0.305 e. The zero-order valence-electron chi connectivity index (χ0n) is 12.3. The van der Waals surface area contributed by atoms with Gasteiger partial charge in [0, 0.05) is 25.3 Å². The lowest BCUT2D eigenvalue weighted by atomic mass is 10.0. The number of rotatable bonds is 7. The predicted molar refractivity (Wildman–Crippen MR) is 83.3 cm³/mol. The smallest absolute Gasteiger partial charge is 0.0277 e. The molecule has 0 aliphatic rings. The van der Waals surface area contributed by atoms with Crippen LogP contribution >= 0.6 is 0 Å². The second kappa shape index (κ2) is 8.65. The molecule has 18 heavy (non-hydrogen) atoms. The summed E-state index contributed by atoms with van der Waals surface area (Å²) in [5, 5.41) is 3.47. The number of hydrogen-bond donors (Lipinski definition) is 1. The van der Waals surface area contributed by atoms with Gasteiger partial charge in [-0.25, -0.2) is 0 Å². The van der Waals surface area contributed by atoms with E-state index in [0.717, 1.165) is 16.7 Å². The van der Waals surface area contributed by atoms with E-state index in [0.29, 0.717) is 6.04 Å². The molecular formula is C16H26N2. The van der Waals surface area contributed by atoms with E-state index in [4.69, 9.17) is 0 Å². The molecule has 1 N–H and O–H groups in total. The first-order chi connectivity index (χ1) is 8.42. The molecule has 0 saturated heterocycles. The van der Waals surface area contributed by atoms with Crippen molar-refractivity contribution < 1.29 is 0 Å². The normalized spacial score (nSPS) is 16.7. The average Bonchev–Trinajstić information content (AvgIpc) is 2.32. The van der Waals surface area contributed by atoms with Gasteiger partial charge in [0.05, 0.1) is 0 Å². The summed E-state index contributed by atoms with van der Waals surface area (Å²) in [6, 6.07) is 0.579. The highest BCUT2D eigenvalue weighted by molar-refractivity contribution is 5.73. The maximum Gasteiger partial charge on any atom is 0.0277 e. The minimum atomic E-state index is 0.270. The molecule has 2 nitrogen and oxygen atoms in total. The predicted octanol–water partition coefficient (Wildman–Crippen LogP) is 3.69. The molecule has 0 aromatic heterocycles. The third-order valence-electron chi connectivity index (χ3n) is 2.83. The van der Waals surface area contributed by atoms with Gasteiger partial charge in [0.25, 0.3) is 0 Å². The van der Waals surface area contributed by atoms with Crippen molar-refractivity contribution in [2.24, 2.45) is 4.99 Å². The Morgan fingerprint density at radius 2 is 1.89 bits per heavy atom. The Balaban J connectivity index is 4.79. The summed E-state index contributed by atoms with van der Waals surface area (Å²) in [4.78, 5) is 3.95. The molecule has 2 unspecified atom stereocenters. The lowest BCUT2D eigenvalue weighted by Crippen LogP contribution is -2.33. The zero-order chi connectivity index (χ0) is 14.1. The van der Waals surface area contributed by atoms with Crippen LogP contribution in [0.5, 0.6) is 0 Å². The highest BCUT2D eigenvalue weighted by Gasteiger charge is 2.06. The van der Waals surface area contributed by atoms with E-state index in [1.54, 1.807) is 13.3 Å². The molecule has 0 aliphatic carbocycles. The maximum atomic E-state index is 3.95. The van der Waals surface area contributed by atoms with E-state index in [1.807, 2.05) is 19.1 Å². The van der Waals surface area contributed by atoms with Crippen molar-refractivity contribution >= 4 is 6.21 Å². The van der Waals surface area contributed by atoms with Crippen LogP contribution < -0.4 is 5.32 Å². The van der Waals surface area contributed by atoms with Crippen molar-refractivity contribution in [3.05, 3.63) is 48.1 Å². The van der Waals surface area contributed by atoms with Gasteiger partial charge in [-0.15, -0.1) is 0 Å². The van der Waals surface area contributed by atoms with Crippen LogP contribution in [0.15, 0.2) is 53.1 Å². The fourth-order valence-corrected chi connectivity index (χ4v) is 1.50. The molecule has 0 aromatic carbocycles. The second-order valence-corrected chi connectivity index (χ2v) is 4.61. The third kappa shape index (κ3) is 6.36. The summed E-state index contributed by atoms with van der Waals surface area (Å²) in [5.41, 5.74) is 3.43. The molecule has 0 spiro atoms. The molecule has 0 aliphatic heterocycles. The summed E-state index contributed by atoms with van der Waals surface area (Å²) in [6.07, 6.45) is 7.82. The third-order valence-corrected chi connectivity index (χ3v) is 2.83. The molecule has 2 atom stereocenters. The summed E-state index contributed by atoms with van der Waals surface area (Å²) in [5.74, 6) is 0. The number of allylic oxidation sites excluding steroid dienone is 4. The van der Waals surface area contributed by atoms with Gasteiger partial charge in [-0.05, 0) is 44.9 Å². The molecule has 2 heteroatoms. The van der Waals surface area contributed by atoms with E-state index in [-0.39, 0.29) is 6.04 Å². The van der Waals surface area contributed by atoms with Crippen molar-refractivity contribution in [1.82, 2.24) is 5.32 Å². The molecule has 100 valence electrons. The van der Waals surface area contributed by atoms with Gasteiger partial charge < -0.3 is 5.32 Å². The highest BCUT2D eigenvalue weighted by Crippen LogP contribution is 2.11. The van der Waals surface area contributed by atoms with Crippen molar-refractivity contribution in [1.29, 1.82) is 0 Å².